The zero-order valence-corrected chi connectivity index (χ0v) is 9.75. The standard InChI is InChI=1S/C10H14N2S2/c1-14-7-6-12-9-5-3-2-4-8(9)10(11)13/h2-5,12H,6-7H2,1H3,(H2,11,13). The van der Waals surface area contributed by atoms with Crippen LogP contribution in [0.5, 0.6) is 0 Å². The fourth-order valence-electron chi connectivity index (χ4n) is 1.14. The van der Waals surface area contributed by atoms with Crippen molar-refractivity contribution in [3.63, 3.8) is 0 Å². The maximum atomic E-state index is 5.61. The Bertz CT molecular complexity index is 313. The second-order valence-corrected chi connectivity index (χ2v) is 4.25. The third kappa shape index (κ3) is 3.20. The number of nitrogens with one attached hydrogen (secondary N) is 1. The van der Waals surface area contributed by atoms with E-state index < -0.39 is 0 Å². The van der Waals surface area contributed by atoms with Crippen molar-refractivity contribution in [1.82, 2.24) is 0 Å². The van der Waals surface area contributed by atoms with Crippen molar-refractivity contribution >= 4 is 34.7 Å². The van der Waals surface area contributed by atoms with Crippen LogP contribution in [0.25, 0.3) is 0 Å². The van der Waals surface area contributed by atoms with E-state index in [9.17, 15) is 0 Å². The summed E-state index contributed by atoms with van der Waals surface area (Å²) in [4.78, 5) is 0.442. The fourth-order valence-corrected chi connectivity index (χ4v) is 1.62. The van der Waals surface area contributed by atoms with Crippen molar-refractivity contribution in [2.75, 3.05) is 23.9 Å². The summed E-state index contributed by atoms with van der Waals surface area (Å²) >= 11 is 6.77. The molecule has 0 saturated heterocycles. The van der Waals surface area contributed by atoms with E-state index in [4.69, 9.17) is 18.0 Å². The molecule has 0 spiro atoms. The highest BCUT2D eigenvalue weighted by Crippen LogP contribution is 2.14. The van der Waals surface area contributed by atoms with Crippen LogP contribution in [0.4, 0.5) is 5.69 Å². The molecule has 0 radical (unpaired) electrons. The number of rotatable bonds is 5. The van der Waals surface area contributed by atoms with Gasteiger partial charge in [0.15, 0.2) is 0 Å². The second kappa shape index (κ2) is 5.88. The van der Waals surface area contributed by atoms with E-state index in [-0.39, 0.29) is 0 Å². The van der Waals surface area contributed by atoms with Gasteiger partial charge >= 0.3 is 0 Å². The zero-order chi connectivity index (χ0) is 10.4. The molecule has 1 aromatic rings. The minimum atomic E-state index is 0.442. The van der Waals surface area contributed by atoms with Crippen LogP contribution in [0.2, 0.25) is 0 Å². The predicted molar refractivity (Wildman–Crippen MR) is 69.2 cm³/mol. The molecule has 0 unspecified atom stereocenters. The van der Waals surface area contributed by atoms with Gasteiger partial charge in [-0.1, -0.05) is 24.4 Å². The number of thioether (sulfide) groups is 1. The summed E-state index contributed by atoms with van der Waals surface area (Å²) in [6, 6.07) is 7.84. The highest BCUT2D eigenvalue weighted by atomic mass is 32.2. The molecule has 0 saturated carbocycles. The first-order valence-corrected chi connectivity index (χ1v) is 6.17. The molecule has 76 valence electrons. The summed E-state index contributed by atoms with van der Waals surface area (Å²) in [6.45, 7) is 0.931. The first kappa shape index (κ1) is 11.3. The normalized spacial score (nSPS) is 9.79. The molecule has 0 bridgehead atoms. The maximum absolute atomic E-state index is 5.61. The lowest BCUT2D eigenvalue weighted by Crippen LogP contribution is -2.14. The summed E-state index contributed by atoms with van der Waals surface area (Å²) in [5.41, 5.74) is 7.55. The molecule has 0 aliphatic rings. The van der Waals surface area contributed by atoms with Gasteiger partial charge in [0, 0.05) is 23.5 Å². The van der Waals surface area contributed by atoms with Crippen LogP contribution < -0.4 is 11.1 Å². The molecule has 4 heteroatoms. The van der Waals surface area contributed by atoms with Gasteiger partial charge in [-0.05, 0) is 18.4 Å². The van der Waals surface area contributed by atoms with E-state index in [0.717, 1.165) is 23.5 Å². The van der Waals surface area contributed by atoms with E-state index in [0.29, 0.717) is 4.99 Å². The third-order valence-electron chi connectivity index (χ3n) is 1.81. The summed E-state index contributed by atoms with van der Waals surface area (Å²) in [6.07, 6.45) is 2.08. The zero-order valence-electron chi connectivity index (χ0n) is 8.12. The Balaban J connectivity index is 2.69. The molecule has 0 aliphatic carbocycles. The summed E-state index contributed by atoms with van der Waals surface area (Å²) < 4.78 is 0. The van der Waals surface area contributed by atoms with Gasteiger partial charge in [-0.25, -0.2) is 0 Å². The smallest absolute Gasteiger partial charge is 0.106 e. The van der Waals surface area contributed by atoms with Gasteiger partial charge in [-0.3, -0.25) is 0 Å². The molecule has 0 fully saturated rings. The first-order chi connectivity index (χ1) is 6.75. The van der Waals surface area contributed by atoms with Crippen LogP contribution in [0.3, 0.4) is 0 Å². The van der Waals surface area contributed by atoms with Gasteiger partial charge in [0.1, 0.15) is 4.99 Å². The molecule has 0 amide bonds. The molecule has 0 heterocycles. The fraction of sp³-hybridized carbons (Fsp3) is 0.300. The lowest BCUT2D eigenvalue weighted by molar-refractivity contribution is 1.23. The van der Waals surface area contributed by atoms with Crippen molar-refractivity contribution in [2.45, 2.75) is 0 Å². The molecule has 1 aromatic carbocycles. The second-order valence-electron chi connectivity index (χ2n) is 2.83. The van der Waals surface area contributed by atoms with Crippen molar-refractivity contribution in [3.05, 3.63) is 29.8 Å². The average molecular weight is 226 g/mol. The number of hydrogen-bond donors (Lipinski definition) is 2. The number of anilines is 1. The van der Waals surface area contributed by atoms with Crippen LogP contribution >= 0.6 is 24.0 Å². The first-order valence-electron chi connectivity index (χ1n) is 4.37. The predicted octanol–water partition coefficient (Wildman–Crippen LogP) is 2.10. The van der Waals surface area contributed by atoms with Crippen LogP contribution in [0.15, 0.2) is 24.3 Å². The minimum absolute atomic E-state index is 0.442. The van der Waals surface area contributed by atoms with Gasteiger partial charge in [-0.2, -0.15) is 11.8 Å². The highest BCUT2D eigenvalue weighted by molar-refractivity contribution is 7.98. The molecule has 1 rings (SSSR count). The van der Waals surface area contributed by atoms with Gasteiger partial charge in [0.05, 0.1) is 0 Å². The maximum Gasteiger partial charge on any atom is 0.106 e. The minimum Gasteiger partial charge on any atom is -0.389 e. The Morgan fingerprint density at radius 2 is 2.21 bits per heavy atom. The topological polar surface area (TPSA) is 38.0 Å². The van der Waals surface area contributed by atoms with E-state index in [2.05, 4.69) is 11.6 Å². The average Bonchev–Trinajstić information content (AvgIpc) is 2.19. The SMILES string of the molecule is CSCCNc1ccccc1C(N)=S. The van der Waals surface area contributed by atoms with Crippen LogP contribution in [0, 0.1) is 0 Å². The molecule has 0 aliphatic heterocycles. The molecule has 3 N–H and O–H groups in total. The van der Waals surface area contributed by atoms with Crippen molar-refractivity contribution in [2.24, 2.45) is 5.73 Å². The monoisotopic (exact) mass is 226 g/mol. The summed E-state index contributed by atoms with van der Waals surface area (Å²) in [5.74, 6) is 1.08. The van der Waals surface area contributed by atoms with Crippen LogP contribution in [0.1, 0.15) is 5.56 Å². The molecule has 0 aromatic heterocycles. The van der Waals surface area contributed by atoms with Gasteiger partial charge < -0.3 is 11.1 Å². The van der Waals surface area contributed by atoms with Crippen LogP contribution in [-0.4, -0.2) is 23.5 Å². The van der Waals surface area contributed by atoms with Crippen molar-refractivity contribution in [1.29, 1.82) is 0 Å². The van der Waals surface area contributed by atoms with Crippen molar-refractivity contribution < 1.29 is 0 Å². The van der Waals surface area contributed by atoms with Gasteiger partial charge in [-0.15, -0.1) is 0 Å². The molecule has 0 atom stereocenters. The number of nitrogens with two attached hydrogens (primary N) is 1. The summed E-state index contributed by atoms with van der Waals surface area (Å²) in [5, 5.41) is 3.31. The Morgan fingerprint density at radius 1 is 1.50 bits per heavy atom. The number of hydrogen-bond acceptors (Lipinski definition) is 3. The van der Waals surface area contributed by atoms with Gasteiger partial charge in [0.25, 0.3) is 0 Å². The highest BCUT2D eigenvalue weighted by Gasteiger charge is 2.02. The lowest BCUT2D eigenvalue weighted by Gasteiger charge is -2.09. The largest absolute Gasteiger partial charge is 0.389 e. The van der Waals surface area contributed by atoms with E-state index in [1.54, 1.807) is 0 Å². The Labute approximate surface area is 94.3 Å². The van der Waals surface area contributed by atoms with E-state index in [1.165, 1.54) is 0 Å². The quantitative estimate of drug-likeness (QED) is 0.595. The Morgan fingerprint density at radius 3 is 2.86 bits per heavy atom. The lowest BCUT2D eigenvalue weighted by atomic mass is 10.2. The van der Waals surface area contributed by atoms with Gasteiger partial charge in [0.2, 0.25) is 0 Å². The van der Waals surface area contributed by atoms with Crippen LogP contribution in [-0.2, 0) is 0 Å². The summed E-state index contributed by atoms with van der Waals surface area (Å²) in [7, 11) is 0. The molecular formula is C10H14N2S2. The number of benzene rings is 1. The molecular weight excluding hydrogens is 212 g/mol. The third-order valence-corrected chi connectivity index (χ3v) is 2.65. The Kier molecular flexibility index (Phi) is 4.76. The Hall–Kier alpha value is -0.740. The molecule has 14 heavy (non-hydrogen) atoms. The number of para-hydroxylation sites is 1. The molecule has 2 nitrogen and oxygen atoms in total. The van der Waals surface area contributed by atoms with E-state index in [1.807, 2.05) is 36.0 Å². The van der Waals surface area contributed by atoms with Crippen molar-refractivity contribution in [3.8, 4) is 0 Å². The number of thiocarbonyl (C=S) groups is 1. The van der Waals surface area contributed by atoms with E-state index >= 15 is 0 Å².